The number of morpholine rings is 1. The molecule has 0 radical (unpaired) electrons. The van der Waals surface area contributed by atoms with Gasteiger partial charge in [0.2, 0.25) is 0 Å². The molecule has 0 aromatic carbocycles. The number of thiazole rings is 1. The third-order valence-electron chi connectivity index (χ3n) is 6.90. The predicted molar refractivity (Wildman–Crippen MR) is 141 cm³/mol. The maximum absolute atomic E-state index is 13.2. The van der Waals surface area contributed by atoms with Crippen LogP contribution in [-0.4, -0.2) is 72.7 Å². The molecule has 4 aromatic rings. The first-order valence-electron chi connectivity index (χ1n) is 12.8. The third-order valence-corrected chi connectivity index (χ3v) is 7.74. The van der Waals surface area contributed by atoms with Gasteiger partial charge >= 0.3 is 6.18 Å². The zero-order valence-electron chi connectivity index (χ0n) is 21.5. The van der Waals surface area contributed by atoms with Crippen LogP contribution < -0.4 is 10.2 Å². The Balaban J connectivity index is 1.23. The van der Waals surface area contributed by atoms with Crippen LogP contribution in [0.25, 0.3) is 16.5 Å². The van der Waals surface area contributed by atoms with Crippen molar-refractivity contribution >= 4 is 28.7 Å². The summed E-state index contributed by atoms with van der Waals surface area (Å²) < 4.78 is 47.9. The van der Waals surface area contributed by atoms with Crippen molar-refractivity contribution in [3.63, 3.8) is 0 Å². The standard InChI is InChI=1S/C25H26F3N9O2S/c1-15(25(26,27)28)10-37-14-31-34-22(37)24-33-21(12-40-24)32-23(38)17-8-19(36-11-18(30-13-36)16-2-3-16)20(9-29-17)35-4-6-39-7-5-35/h8-9,11-16H,2-7,10H2,1H3,(H,32,38)/t15-/m1/s1. The Bertz CT molecular complexity index is 1500. The minimum atomic E-state index is -4.34. The highest BCUT2D eigenvalue weighted by molar-refractivity contribution is 7.13. The lowest BCUT2D eigenvalue weighted by Gasteiger charge is -2.30. The van der Waals surface area contributed by atoms with E-state index in [9.17, 15) is 18.0 Å². The molecule has 15 heteroatoms. The van der Waals surface area contributed by atoms with E-state index >= 15 is 0 Å². The number of aromatic nitrogens is 7. The summed E-state index contributed by atoms with van der Waals surface area (Å²) in [6, 6.07) is 1.72. The van der Waals surface area contributed by atoms with Crippen molar-refractivity contribution in [2.45, 2.75) is 38.4 Å². The monoisotopic (exact) mass is 573 g/mol. The number of ether oxygens (including phenoxy) is 1. The van der Waals surface area contributed by atoms with E-state index in [2.05, 4.69) is 35.4 Å². The molecule has 1 amide bonds. The van der Waals surface area contributed by atoms with Crippen LogP contribution in [0.15, 0.2) is 36.5 Å². The molecular formula is C25H26F3N9O2S. The van der Waals surface area contributed by atoms with E-state index < -0.39 is 18.0 Å². The van der Waals surface area contributed by atoms with Crippen molar-refractivity contribution < 1.29 is 22.7 Å². The fraction of sp³-hybridized carbons (Fsp3) is 0.440. The van der Waals surface area contributed by atoms with E-state index in [1.165, 1.54) is 10.9 Å². The molecule has 0 spiro atoms. The Labute approximate surface area is 231 Å². The van der Waals surface area contributed by atoms with Crippen LogP contribution in [-0.2, 0) is 11.3 Å². The van der Waals surface area contributed by atoms with Gasteiger partial charge in [-0.25, -0.2) is 15.0 Å². The summed E-state index contributed by atoms with van der Waals surface area (Å²) in [5, 5.41) is 12.4. The van der Waals surface area contributed by atoms with Crippen LogP contribution in [0.4, 0.5) is 24.7 Å². The number of pyridine rings is 1. The molecule has 0 unspecified atom stereocenters. The fourth-order valence-electron chi connectivity index (χ4n) is 4.44. The molecular weight excluding hydrogens is 547 g/mol. The topological polar surface area (TPSA) is 116 Å². The smallest absolute Gasteiger partial charge is 0.378 e. The lowest BCUT2D eigenvalue weighted by molar-refractivity contribution is -0.172. The number of amides is 1. The number of nitrogens with one attached hydrogen (secondary N) is 1. The van der Waals surface area contributed by atoms with Crippen LogP contribution in [0, 0.1) is 5.92 Å². The highest BCUT2D eigenvalue weighted by atomic mass is 32.1. The molecule has 0 bridgehead atoms. The first-order chi connectivity index (χ1) is 19.3. The molecule has 4 aromatic heterocycles. The molecule has 40 heavy (non-hydrogen) atoms. The van der Waals surface area contributed by atoms with E-state index in [-0.39, 0.29) is 23.9 Å². The van der Waals surface area contributed by atoms with Gasteiger partial charge in [0.05, 0.1) is 48.7 Å². The largest absolute Gasteiger partial charge is 0.393 e. The average molecular weight is 574 g/mol. The van der Waals surface area contributed by atoms with Crippen molar-refractivity contribution in [2.24, 2.45) is 5.92 Å². The Kier molecular flexibility index (Phi) is 7.00. The fourth-order valence-corrected chi connectivity index (χ4v) is 5.19. The van der Waals surface area contributed by atoms with Gasteiger partial charge in [0.25, 0.3) is 5.91 Å². The van der Waals surface area contributed by atoms with Gasteiger partial charge in [-0.3, -0.25) is 4.79 Å². The molecule has 1 N–H and O–H groups in total. The number of carbonyl (C=O) groups excluding carboxylic acids is 1. The van der Waals surface area contributed by atoms with Gasteiger partial charge in [0.1, 0.15) is 17.8 Å². The van der Waals surface area contributed by atoms with E-state index in [1.807, 2.05) is 10.8 Å². The molecule has 1 saturated heterocycles. The zero-order chi connectivity index (χ0) is 27.9. The van der Waals surface area contributed by atoms with Gasteiger partial charge in [-0.1, -0.05) is 6.92 Å². The molecule has 11 nitrogen and oxygen atoms in total. The minimum Gasteiger partial charge on any atom is -0.378 e. The summed E-state index contributed by atoms with van der Waals surface area (Å²) in [4.78, 5) is 28.7. The maximum atomic E-state index is 13.2. The van der Waals surface area contributed by atoms with Gasteiger partial charge < -0.3 is 24.1 Å². The van der Waals surface area contributed by atoms with Gasteiger partial charge in [-0.2, -0.15) is 13.2 Å². The van der Waals surface area contributed by atoms with Gasteiger partial charge in [0, 0.05) is 37.1 Å². The Hall–Kier alpha value is -3.85. The summed E-state index contributed by atoms with van der Waals surface area (Å²) in [6.45, 7) is 3.38. The molecule has 1 atom stereocenters. The molecule has 2 aliphatic rings. The zero-order valence-corrected chi connectivity index (χ0v) is 22.3. The first kappa shape index (κ1) is 26.4. The van der Waals surface area contributed by atoms with Crippen molar-refractivity contribution in [1.82, 2.24) is 34.3 Å². The van der Waals surface area contributed by atoms with Crippen molar-refractivity contribution in [2.75, 3.05) is 36.5 Å². The average Bonchev–Trinajstić information content (AvgIpc) is 3.29. The second kappa shape index (κ2) is 10.6. The molecule has 210 valence electrons. The summed E-state index contributed by atoms with van der Waals surface area (Å²) in [5.74, 6) is -1.13. The summed E-state index contributed by atoms with van der Waals surface area (Å²) in [7, 11) is 0. The van der Waals surface area contributed by atoms with Gasteiger partial charge in [-0.05, 0) is 18.9 Å². The SMILES string of the molecule is C[C@H](Cn1cnnc1-c1nc(NC(=O)c2cc(-n3cnc(C4CC4)c3)c(N3CCOCC3)cn2)cs1)C(F)(F)F. The Morgan fingerprint density at radius 2 is 2.00 bits per heavy atom. The van der Waals surface area contributed by atoms with Crippen LogP contribution in [0.1, 0.15) is 41.9 Å². The first-order valence-corrected chi connectivity index (χ1v) is 13.7. The molecule has 5 heterocycles. The number of imidazole rings is 1. The Morgan fingerprint density at radius 3 is 2.75 bits per heavy atom. The predicted octanol–water partition coefficient (Wildman–Crippen LogP) is 4.15. The van der Waals surface area contributed by atoms with Crippen molar-refractivity contribution in [1.29, 1.82) is 0 Å². The summed E-state index contributed by atoms with van der Waals surface area (Å²) in [5.41, 5.74) is 2.88. The number of nitrogens with zero attached hydrogens (tertiary/aromatic N) is 8. The number of halogens is 3. The van der Waals surface area contributed by atoms with Crippen LogP contribution in [0.2, 0.25) is 0 Å². The van der Waals surface area contributed by atoms with Crippen molar-refractivity contribution in [3.8, 4) is 16.5 Å². The van der Waals surface area contributed by atoms with Crippen LogP contribution >= 0.6 is 11.3 Å². The molecule has 1 aliphatic heterocycles. The number of hydrogen-bond donors (Lipinski definition) is 1. The Morgan fingerprint density at radius 1 is 1.20 bits per heavy atom. The molecule has 1 aliphatic carbocycles. The van der Waals surface area contributed by atoms with E-state index in [1.54, 1.807) is 24.0 Å². The number of carbonyl (C=O) groups is 1. The molecule has 2 fully saturated rings. The third kappa shape index (κ3) is 5.56. The van der Waals surface area contributed by atoms with Crippen LogP contribution in [0.5, 0.6) is 0 Å². The highest BCUT2D eigenvalue weighted by Gasteiger charge is 2.36. The van der Waals surface area contributed by atoms with E-state index in [4.69, 9.17) is 4.74 Å². The number of hydrogen-bond acceptors (Lipinski definition) is 9. The summed E-state index contributed by atoms with van der Waals surface area (Å²) >= 11 is 1.14. The molecule has 1 saturated carbocycles. The quantitative estimate of drug-likeness (QED) is 0.334. The lowest BCUT2D eigenvalue weighted by Crippen LogP contribution is -2.37. The second-order valence-corrected chi connectivity index (χ2v) is 10.7. The normalized spacial score (nSPS) is 16.8. The maximum Gasteiger partial charge on any atom is 0.393 e. The molecule has 6 rings (SSSR count). The van der Waals surface area contributed by atoms with E-state index in [0.717, 1.165) is 48.2 Å². The minimum absolute atomic E-state index is 0.186. The van der Waals surface area contributed by atoms with Gasteiger partial charge in [-0.15, -0.1) is 21.5 Å². The van der Waals surface area contributed by atoms with Crippen molar-refractivity contribution in [3.05, 3.63) is 47.9 Å². The number of anilines is 2. The number of alkyl halides is 3. The van der Waals surface area contributed by atoms with Crippen LogP contribution in [0.3, 0.4) is 0 Å². The second-order valence-electron chi connectivity index (χ2n) is 9.88. The number of rotatable bonds is 8. The highest BCUT2D eigenvalue weighted by Crippen LogP contribution is 2.39. The lowest BCUT2D eigenvalue weighted by atomic mass is 10.2. The van der Waals surface area contributed by atoms with E-state index in [0.29, 0.717) is 37.2 Å². The summed E-state index contributed by atoms with van der Waals surface area (Å²) in [6.07, 6.45) is 4.60. The van der Waals surface area contributed by atoms with Gasteiger partial charge in [0.15, 0.2) is 10.8 Å².